The lowest BCUT2D eigenvalue weighted by Crippen LogP contribution is -2.57. The Morgan fingerprint density at radius 1 is 0.673 bits per heavy atom. The summed E-state index contributed by atoms with van der Waals surface area (Å²) in [7, 11) is 1.54. The number of rotatable bonds is 17. The number of carbonyl (C=O) groups is 4. The summed E-state index contributed by atoms with van der Waals surface area (Å²) in [6.45, 7) is 0.709. The molecule has 0 heterocycles. The first-order valence-corrected chi connectivity index (χ1v) is 16.5. The number of unbranched alkanes of at least 4 members (excludes halogenated alkanes) is 1. The Morgan fingerprint density at radius 3 is 1.92 bits per heavy atom. The molecule has 3 atom stereocenters. The third kappa shape index (κ3) is 10.6. The second-order valence-corrected chi connectivity index (χ2v) is 12.1. The predicted octanol–water partition coefficient (Wildman–Crippen LogP) is 3.32. The van der Waals surface area contributed by atoms with E-state index in [4.69, 9.17) is 17.2 Å². The molecule has 0 aliphatic heterocycles. The number of nitrogens with zero attached hydrogens (tertiary/aromatic N) is 1. The van der Waals surface area contributed by atoms with Gasteiger partial charge in [0.2, 0.25) is 17.7 Å². The predicted molar refractivity (Wildman–Crippen MR) is 192 cm³/mol. The van der Waals surface area contributed by atoms with Gasteiger partial charge in [-0.2, -0.15) is 0 Å². The molecule has 0 bridgehead atoms. The molecule has 4 aromatic carbocycles. The van der Waals surface area contributed by atoms with Gasteiger partial charge in [0.25, 0.3) is 5.91 Å². The Hall–Kier alpha value is -5.32. The van der Waals surface area contributed by atoms with Crippen molar-refractivity contribution in [3.05, 3.63) is 131 Å². The lowest BCUT2D eigenvalue weighted by Gasteiger charge is -2.32. The van der Waals surface area contributed by atoms with E-state index in [0.717, 1.165) is 27.8 Å². The van der Waals surface area contributed by atoms with Crippen LogP contribution < -0.4 is 27.8 Å². The molecule has 4 amide bonds. The van der Waals surface area contributed by atoms with Crippen LogP contribution in [-0.4, -0.2) is 60.2 Å². The van der Waals surface area contributed by atoms with Crippen LogP contribution in [0.25, 0.3) is 11.1 Å². The summed E-state index contributed by atoms with van der Waals surface area (Å²) in [5, 5.41) is 5.70. The van der Waals surface area contributed by atoms with E-state index in [1.807, 2.05) is 91.0 Å². The van der Waals surface area contributed by atoms with Crippen molar-refractivity contribution in [2.75, 3.05) is 13.6 Å². The highest BCUT2D eigenvalue weighted by Gasteiger charge is 2.34. The van der Waals surface area contributed by atoms with Gasteiger partial charge in [0.05, 0.1) is 0 Å². The van der Waals surface area contributed by atoms with Crippen molar-refractivity contribution in [1.29, 1.82) is 0 Å². The van der Waals surface area contributed by atoms with Crippen molar-refractivity contribution >= 4 is 23.6 Å². The maximum Gasteiger partial charge on any atom is 0.251 e. The number of carbonyl (C=O) groups excluding carboxylic acids is 4. The smallest absolute Gasteiger partial charge is 0.251 e. The summed E-state index contributed by atoms with van der Waals surface area (Å²) < 4.78 is 0. The third-order valence-corrected chi connectivity index (χ3v) is 8.53. The Bertz CT molecular complexity index is 1680. The molecule has 256 valence electrons. The first-order valence-electron chi connectivity index (χ1n) is 16.5. The summed E-state index contributed by atoms with van der Waals surface area (Å²) in [4.78, 5) is 55.5. The number of nitrogens with two attached hydrogens (primary N) is 3. The molecule has 0 radical (unpaired) electrons. The van der Waals surface area contributed by atoms with Gasteiger partial charge < -0.3 is 32.7 Å². The Labute approximate surface area is 288 Å². The van der Waals surface area contributed by atoms with Gasteiger partial charge >= 0.3 is 0 Å². The van der Waals surface area contributed by atoms with Crippen LogP contribution in [-0.2, 0) is 33.8 Å². The minimum absolute atomic E-state index is 0.170. The summed E-state index contributed by atoms with van der Waals surface area (Å²) in [6.07, 6.45) is 1.95. The van der Waals surface area contributed by atoms with Gasteiger partial charge in [-0.15, -0.1) is 0 Å². The molecule has 3 unspecified atom stereocenters. The van der Waals surface area contributed by atoms with Crippen LogP contribution in [0.3, 0.4) is 0 Å². The Balaban J connectivity index is 1.64. The van der Waals surface area contributed by atoms with E-state index >= 15 is 0 Å². The van der Waals surface area contributed by atoms with Gasteiger partial charge in [-0.3, -0.25) is 19.2 Å². The van der Waals surface area contributed by atoms with Gasteiger partial charge in [-0.1, -0.05) is 97.1 Å². The second kappa shape index (κ2) is 18.3. The fraction of sp³-hybridized carbons (Fsp3) is 0.282. The van der Waals surface area contributed by atoms with Crippen LogP contribution in [0.2, 0.25) is 0 Å². The minimum Gasteiger partial charge on any atom is -0.368 e. The van der Waals surface area contributed by atoms with Gasteiger partial charge in [-0.05, 0) is 65.8 Å². The molecular weight excluding hydrogens is 616 g/mol. The molecule has 8 N–H and O–H groups in total. The molecule has 0 aliphatic carbocycles. The van der Waals surface area contributed by atoms with Gasteiger partial charge in [0.15, 0.2) is 0 Å². The lowest BCUT2D eigenvalue weighted by atomic mass is 9.98. The summed E-state index contributed by atoms with van der Waals surface area (Å²) in [5.41, 5.74) is 21.9. The van der Waals surface area contributed by atoms with E-state index in [9.17, 15) is 19.2 Å². The van der Waals surface area contributed by atoms with Crippen molar-refractivity contribution in [2.24, 2.45) is 17.2 Å². The van der Waals surface area contributed by atoms with E-state index in [1.165, 1.54) is 11.9 Å². The van der Waals surface area contributed by atoms with Crippen LogP contribution in [0.4, 0.5) is 0 Å². The molecule has 4 rings (SSSR count). The Morgan fingerprint density at radius 2 is 1.29 bits per heavy atom. The topological polar surface area (TPSA) is 174 Å². The number of benzene rings is 4. The summed E-state index contributed by atoms with van der Waals surface area (Å²) in [6, 6.07) is 31.0. The molecule has 49 heavy (non-hydrogen) atoms. The molecule has 10 nitrogen and oxygen atoms in total. The number of amides is 4. The summed E-state index contributed by atoms with van der Waals surface area (Å²) >= 11 is 0. The van der Waals surface area contributed by atoms with E-state index in [-0.39, 0.29) is 19.4 Å². The standard InChI is InChI=1S/C39H46N6O4/c1-45(35(25-27-11-4-2-5-12-27)38(48)43-33(36(42)46)17-8-9-22-40)39(49)34(44-37(47)32-16-10-13-29(23-32)26-41)24-28-18-20-31(21-19-28)30-14-6-3-7-15-30/h2-7,10-16,18-21,23,33-35H,8-9,17,22,24-26,40-41H2,1H3,(H2,42,46)(H,43,48)(H,44,47). The number of likely N-dealkylation sites (N-methyl/N-ethyl adjacent to an activating group) is 1. The van der Waals surface area contributed by atoms with Crippen molar-refractivity contribution < 1.29 is 19.2 Å². The molecule has 0 saturated carbocycles. The fourth-order valence-corrected chi connectivity index (χ4v) is 5.67. The van der Waals surface area contributed by atoms with E-state index in [2.05, 4.69) is 10.6 Å². The normalized spacial score (nSPS) is 12.7. The highest BCUT2D eigenvalue weighted by atomic mass is 16.2. The minimum atomic E-state index is -1.02. The SMILES string of the molecule is CN(C(=O)C(Cc1ccc(-c2ccccc2)cc1)NC(=O)c1cccc(CN)c1)C(Cc1ccccc1)C(=O)NC(CCCCN)C(N)=O. The zero-order valence-corrected chi connectivity index (χ0v) is 27.9. The van der Waals surface area contributed by atoms with Crippen molar-refractivity contribution in [3.63, 3.8) is 0 Å². The van der Waals surface area contributed by atoms with Crippen LogP contribution >= 0.6 is 0 Å². The number of hydrogen-bond donors (Lipinski definition) is 5. The van der Waals surface area contributed by atoms with E-state index < -0.39 is 41.8 Å². The lowest BCUT2D eigenvalue weighted by molar-refractivity contribution is -0.141. The van der Waals surface area contributed by atoms with Crippen LogP contribution in [0.1, 0.15) is 46.3 Å². The molecule has 0 saturated heterocycles. The first-order chi connectivity index (χ1) is 23.7. The van der Waals surface area contributed by atoms with E-state index in [0.29, 0.717) is 31.4 Å². The van der Waals surface area contributed by atoms with Gasteiger partial charge in [0.1, 0.15) is 18.1 Å². The van der Waals surface area contributed by atoms with Crippen molar-refractivity contribution in [1.82, 2.24) is 15.5 Å². The van der Waals surface area contributed by atoms with Crippen LogP contribution in [0.5, 0.6) is 0 Å². The number of hydrogen-bond acceptors (Lipinski definition) is 6. The van der Waals surface area contributed by atoms with Gasteiger partial charge in [-0.25, -0.2) is 0 Å². The maximum absolute atomic E-state index is 14.4. The zero-order valence-electron chi connectivity index (χ0n) is 27.9. The highest BCUT2D eigenvalue weighted by Crippen LogP contribution is 2.21. The zero-order chi connectivity index (χ0) is 35.2. The molecular formula is C39H46N6O4. The molecule has 4 aromatic rings. The third-order valence-electron chi connectivity index (χ3n) is 8.53. The average Bonchev–Trinajstić information content (AvgIpc) is 3.13. The number of primary amides is 1. The largest absolute Gasteiger partial charge is 0.368 e. The molecule has 10 heteroatoms. The van der Waals surface area contributed by atoms with Gasteiger partial charge in [0, 0.05) is 32.0 Å². The number of nitrogens with one attached hydrogen (secondary N) is 2. The molecule has 0 aliphatic rings. The fourth-order valence-electron chi connectivity index (χ4n) is 5.67. The quantitative estimate of drug-likeness (QED) is 0.109. The van der Waals surface area contributed by atoms with Crippen LogP contribution in [0, 0.1) is 0 Å². The monoisotopic (exact) mass is 662 g/mol. The van der Waals surface area contributed by atoms with Crippen molar-refractivity contribution in [3.8, 4) is 11.1 Å². The van der Waals surface area contributed by atoms with E-state index in [1.54, 1.807) is 18.2 Å². The summed E-state index contributed by atoms with van der Waals surface area (Å²) in [5.74, 6) is -2.10. The molecule has 0 spiro atoms. The highest BCUT2D eigenvalue weighted by molar-refractivity contribution is 5.99. The first kappa shape index (κ1) is 36.5. The average molecular weight is 663 g/mol. The van der Waals surface area contributed by atoms with Crippen molar-refractivity contribution in [2.45, 2.75) is 56.8 Å². The molecule has 0 fully saturated rings. The Kier molecular flexibility index (Phi) is 13.6. The molecule has 0 aromatic heterocycles. The second-order valence-electron chi connectivity index (χ2n) is 12.1. The maximum atomic E-state index is 14.4. The van der Waals surface area contributed by atoms with Crippen LogP contribution in [0.15, 0.2) is 109 Å².